The monoisotopic (exact) mass is 362 g/mol. The van der Waals surface area contributed by atoms with Crippen molar-refractivity contribution >= 4 is 23.9 Å². The zero-order chi connectivity index (χ0) is 19.1. The lowest BCUT2D eigenvalue weighted by Gasteiger charge is -2.43. The van der Waals surface area contributed by atoms with E-state index in [-0.39, 0.29) is 6.61 Å². The molecule has 1 heterocycles. The van der Waals surface area contributed by atoms with Crippen LogP contribution in [0.15, 0.2) is 0 Å². The fraction of sp³-hybridized carbons (Fsp3) is 0.733. The lowest BCUT2D eigenvalue weighted by atomic mass is 9.98. The Hall–Kier alpha value is -2.20. The second kappa shape index (κ2) is 9.33. The highest BCUT2D eigenvalue weighted by molar-refractivity contribution is 5.68. The molecular weight excluding hydrogens is 340 g/mol. The first-order chi connectivity index (χ1) is 11.6. The Bertz CT molecular complexity index is 516. The maximum Gasteiger partial charge on any atom is 0.303 e. The van der Waals surface area contributed by atoms with E-state index in [9.17, 15) is 19.2 Å². The quantitative estimate of drug-likeness (QED) is 0.460. The normalized spacial score (nSPS) is 28.6. The summed E-state index contributed by atoms with van der Waals surface area (Å²) in [6, 6.07) is 0. The molecule has 0 saturated carbocycles. The van der Waals surface area contributed by atoms with Gasteiger partial charge in [-0.3, -0.25) is 19.2 Å². The van der Waals surface area contributed by atoms with Gasteiger partial charge in [0.1, 0.15) is 12.7 Å². The number of esters is 4. The predicted molar refractivity (Wildman–Crippen MR) is 79.0 cm³/mol. The van der Waals surface area contributed by atoms with E-state index in [1.165, 1.54) is 14.0 Å². The van der Waals surface area contributed by atoms with Gasteiger partial charge in [-0.05, 0) is 0 Å². The number of carbonyl (C=O) groups excluding carboxylic acids is 4. The second-order valence-corrected chi connectivity index (χ2v) is 5.30. The summed E-state index contributed by atoms with van der Waals surface area (Å²) in [5.41, 5.74) is 0. The molecule has 0 bridgehead atoms. The summed E-state index contributed by atoms with van der Waals surface area (Å²) >= 11 is 0. The van der Waals surface area contributed by atoms with E-state index in [0.29, 0.717) is 0 Å². The van der Waals surface area contributed by atoms with Crippen LogP contribution in [0.4, 0.5) is 0 Å². The number of hydrogen-bond acceptors (Lipinski definition) is 10. The highest BCUT2D eigenvalue weighted by Gasteiger charge is 2.52. The predicted octanol–water partition coefficient (Wildman–Crippen LogP) is -0.284. The van der Waals surface area contributed by atoms with E-state index in [2.05, 4.69) is 0 Å². The average Bonchev–Trinajstić information content (AvgIpc) is 2.48. The van der Waals surface area contributed by atoms with E-state index in [1.54, 1.807) is 0 Å². The Labute approximate surface area is 144 Å². The van der Waals surface area contributed by atoms with Crippen LogP contribution in [0.1, 0.15) is 27.7 Å². The first-order valence-corrected chi connectivity index (χ1v) is 7.49. The van der Waals surface area contributed by atoms with Gasteiger partial charge in [0.05, 0.1) is 0 Å². The molecular formula is C15H22O10. The van der Waals surface area contributed by atoms with E-state index in [4.69, 9.17) is 28.4 Å². The zero-order valence-corrected chi connectivity index (χ0v) is 14.7. The van der Waals surface area contributed by atoms with Crippen molar-refractivity contribution in [2.24, 2.45) is 0 Å². The Morgan fingerprint density at radius 3 is 1.68 bits per heavy atom. The van der Waals surface area contributed by atoms with Crippen LogP contribution in [-0.4, -0.2) is 68.3 Å². The first kappa shape index (κ1) is 20.8. The molecule has 0 spiro atoms. The van der Waals surface area contributed by atoms with Crippen molar-refractivity contribution in [2.75, 3.05) is 13.7 Å². The third-order valence-corrected chi connectivity index (χ3v) is 3.18. The lowest BCUT2D eigenvalue weighted by molar-refractivity contribution is -0.302. The molecule has 0 aliphatic carbocycles. The molecule has 0 aromatic carbocycles. The van der Waals surface area contributed by atoms with E-state index in [0.717, 1.165) is 20.8 Å². The van der Waals surface area contributed by atoms with Crippen molar-refractivity contribution in [3.05, 3.63) is 0 Å². The SMILES string of the molecule is CO[C@@H]1O[C@H](COC(C)=O)[C@H](OC(C)=O)[C@@H](OC(C)=O)[C@@H]1OC(C)=O. The maximum atomic E-state index is 11.5. The number of carbonyl (C=O) groups is 4. The molecule has 1 aliphatic heterocycles. The maximum absolute atomic E-state index is 11.5. The van der Waals surface area contributed by atoms with Gasteiger partial charge in [-0.1, -0.05) is 0 Å². The molecule has 0 aromatic rings. The summed E-state index contributed by atoms with van der Waals surface area (Å²) in [7, 11) is 1.29. The summed E-state index contributed by atoms with van der Waals surface area (Å²) in [5.74, 6) is -2.63. The molecule has 1 rings (SSSR count). The number of hydrogen-bond donors (Lipinski definition) is 0. The molecule has 10 nitrogen and oxygen atoms in total. The van der Waals surface area contributed by atoms with Gasteiger partial charge >= 0.3 is 23.9 Å². The zero-order valence-electron chi connectivity index (χ0n) is 14.7. The Kier molecular flexibility index (Phi) is 7.78. The van der Waals surface area contributed by atoms with Crippen LogP contribution in [0.3, 0.4) is 0 Å². The van der Waals surface area contributed by atoms with Crippen LogP contribution in [0, 0.1) is 0 Å². The minimum Gasteiger partial charge on any atom is -0.463 e. The van der Waals surface area contributed by atoms with Gasteiger partial charge < -0.3 is 28.4 Å². The molecule has 142 valence electrons. The van der Waals surface area contributed by atoms with Crippen LogP contribution in [0.2, 0.25) is 0 Å². The molecule has 0 unspecified atom stereocenters. The largest absolute Gasteiger partial charge is 0.463 e. The summed E-state index contributed by atoms with van der Waals surface area (Å²) in [5, 5.41) is 0. The number of methoxy groups -OCH3 is 1. The van der Waals surface area contributed by atoms with Crippen molar-refractivity contribution in [2.45, 2.75) is 58.4 Å². The third kappa shape index (κ3) is 6.31. The standard InChI is InChI=1S/C15H22O10/c1-7(16)21-6-11-12(22-8(2)17)13(23-9(3)18)14(24-10(4)19)15(20-5)25-11/h11-15H,6H2,1-5H3/t11-,12+,13-,14+,15-/m1/s1. The molecule has 0 N–H and O–H groups in total. The van der Waals surface area contributed by atoms with Crippen molar-refractivity contribution in [3.8, 4) is 0 Å². The van der Waals surface area contributed by atoms with Crippen molar-refractivity contribution in [1.82, 2.24) is 0 Å². The minimum absolute atomic E-state index is 0.280. The Morgan fingerprint density at radius 2 is 1.24 bits per heavy atom. The molecule has 10 heteroatoms. The summed E-state index contributed by atoms with van der Waals surface area (Å²) in [6.45, 7) is 4.37. The van der Waals surface area contributed by atoms with Crippen LogP contribution in [-0.2, 0) is 47.6 Å². The van der Waals surface area contributed by atoms with E-state index in [1.807, 2.05) is 0 Å². The van der Waals surface area contributed by atoms with Gasteiger partial charge in [-0.15, -0.1) is 0 Å². The van der Waals surface area contributed by atoms with Crippen LogP contribution in [0.25, 0.3) is 0 Å². The van der Waals surface area contributed by atoms with Crippen LogP contribution < -0.4 is 0 Å². The molecule has 1 fully saturated rings. The average molecular weight is 362 g/mol. The fourth-order valence-corrected chi connectivity index (χ4v) is 2.38. The van der Waals surface area contributed by atoms with Gasteiger partial charge in [-0.25, -0.2) is 0 Å². The lowest BCUT2D eigenvalue weighted by Crippen LogP contribution is -2.62. The van der Waals surface area contributed by atoms with Gasteiger partial charge in [0.25, 0.3) is 0 Å². The second-order valence-electron chi connectivity index (χ2n) is 5.30. The highest BCUT2D eigenvalue weighted by atomic mass is 16.7. The molecule has 25 heavy (non-hydrogen) atoms. The summed E-state index contributed by atoms with van der Waals surface area (Å²) < 4.78 is 31.1. The van der Waals surface area contributed by atoms with Crippen molar-refractivity contribution in [3.63, 3.8) is 0 Å². The van der Waals surface area contributed by atoms with Crippen molar-refractivity contribution in [1.29, 1.82) is 0 Å². The minimum atomic E-state index is -1.20. The van der Waals surface area contributed by atoms with Crippen LogP contribution in [0.5, 0.6) is 0 Å². The van der Waals surface area contributed by atoms with Crippen LogP contribution >= 0.6 is 0 Å². The van der Waals surface area contributed by atoms with E-state index < -0.39 is 54.6 Å². The smallest absolute Gasteiger partial charge is 0.303 e. The Balaban J connectivity index is 3.18. The molecule has 5 atom stereocenters. The summed E-state index contributed by atoms with van der Waals surface area (Å²) in [6.07, 6.45) is -5.67. The highest BCUT2D eigenvalue weighted by Crippen LogP contribution is 2.29. The van der Waals surface area contributed by atoms with Gasteiger partial charge in [0.15, 0.2) is 24.6 Å². The first-order valence-electron chi connectivity index (χ1n) is 7.49. The van der Waals surface area contributed by atoms with Gasteiger partial charge in [0.2, 0.25) is 0 Å². The molecule has 0 amide bonds. The molecule has 0 aromatic heterocycles. The fourth-order valence-electron chi connectivity index (χ4n) is 2.38. The number of rotatable bonds is 6. The molecule has 0 radical (unpaired) electrons. The third-order valence-electron chi connectivity index (χ3n) is 3.18. The Morgan fingerprint density at radius 1 is 0.760 bits per heavy atom. The van der Waals surface area contributed by atoms with Crippen molar-refractivity contribution < 1.29 is 47.6 Å². The van der Waals surface area contributed by atoms with Gasteiger partial charge in [-0.2, -0.15) is 0 Å². The van der Waals surface area contributed by atoms with Gasteiger partial charge in [0, 0.05) is 34.8 Å². The topological polar surface area (TPSA) is 124 Å². The number of ether oxygens (including phenoxy) is 6. The van der Waals surface area contributed by atoms with E-state index >= 15 is 0 Å². The summed E-state index contributed by atoms with van der Waals surface area (Å²) in [4.78, 5) is 45.4. The molecule has 1 aliphatic rings. The molecule has 1 saturated heterocycles.